The van der Waals surface area contributed by atoms with Gasteiger partial charge in [-0.2, -0.15) is 0 Å². The quantitative estimate of drug-likeness (QED) is 0.842. The van der Waals surface area contributed by atoms with Gasteiger partial charge in [0.15, 0.2) is 0 Å². The summed E-state index contributed by atoms with van der Waals surface area (Å²) in [6, 6.07) is 7.91. The number of hydrogen-bond donors (Lipinski definition) is 1. The number of aliphatic hydroxyl groups is 1. The Labute approximate surface area is 93.2 Å². The van der Waals surface area contributed by atoms with Crippen LogP contribution < -0.4 is 0 Å². The van der Waals surface area contributed by atoms with E-state index in [-0.39, 0.29) is 6.61 Å². The standard InChI is InChI=1S/C12H13NOS/c1-8-12(15-9(2)13-8)11-6-4-3-5-10(11)7-14/h3-6,14H,7H2,1-2H3. The van der Waals surface area contributed by atoms with Gasteiger partial charge in [0.1, 0.15) is 0 Å². The zero-order valence-corrected chi connectivity index (χ0v) is 9.64. The maximum Gasteiger partial charge on any atom is 0.0903 e. The second kappa shape index (κ2) is 4.13. The minimum absolute atomic E-state index is 0.0760. The summed E-state index contributed by atoms with van der Waals surface area (Å²) in [5.74, 6) is 0. The lowest BCUT2D eigenvalue weighted by molar-refractivity contribution is 0.282. The third-order valence-electron chi connectivity index (χ3n) is 2.34. The summed E-state index contributed by atoms with van der Waals surface area (Å²) in [7, 11) is 0. The van der Waals surface area contributed by atoms with E-state index in [0.717, 1.165) is 26.7 Å². The molecule has 2 aromatic rings. The molecule has 1 aromatic carbocycles. The van der Waals surface area contributed by atoms with E-state index >= 15 is 0 Å². The first-order chi connectivity index (χ1) is 7.22. The summed E-state index contributed by atoms with van der Waals surface area (Å²) in [6.07, 6.45) is 0. The molecule has 0 aliphatic heterocycles. The smallest absolute Gasteiger partial charge is 0.0903 e. The van der Waals surface area contributed by atoms with Crippen molar-refractivity contribution in [2.45, 2.75) is 20.5 Å². The zero-order chi connectivity index (χ0) is 10.8. The average Bonchev–Trinajstić information content (AvgIpc) is 2.57. The highest BCUT2D eigenvalue weighted by molar-refractivity contribution is 7.15. The van der Waals surface area contributed by atoms with E-state index in [4.69, 9.17) is 0 Å². The minimum Gasteiger partial charge on any atom is -0.392 e. The van der Waals surface area contributed by atoms with Crippen LogP contribution in [-0.2, 0) is 6.61 Å². The Hall–Kier alpha value is -1.19. The molecule has 0 amide bonds. The van der Waals surface area contributed by atoms with Crippen LogP contribution in [0.25, 0.3) is 10.4 Å². The van der Waals surface area contributed by atoms with Gasteiger partial charge in [0.2, 0.25) is 0 Å². The van der Waals surface area contributed by atoms with Crippen molar-refractivity contribution in [3.63, 3.8) is 0 Å². The summed E-state index contributed by atoms with van der Waals surface area (Å²) >= 11 is 1.67. The molecule has 0 fully saturated rings. The number of aliphatic hydroxyl groups excluding tert-OH is 1. The summed E-state index contributed by atoms with van der Waals surface area (Å²) in [5.41, 5.74) is 3.10. The van der Waals surface area contributed by atoms with Crippen molar-refractivity contribution >= 4 is 11.3 Å². The van der Waals surface area contributed by atoms with E-state index in [1.54, 1.807) is 11.3 Å². The van der Waals surface area contributed by atoms with E-state index in [9.17, 15) is 5.11 Å². The Kier molecular flexibility index (Phi) is 2.84. The van der Waals surface area contributed by atoms with Gasteiger partial charge in [-0.3, -0.25) is 0 Å². The first kappa shape index (κ1) is 10.3. The topological polar surface area (TPSA) is 33.1 Å². The zero-order valence-electron chi connectivity index (χ0n) is 8.82. The molecule has 0 atom stereocenters. The lowest BCUT2D eigenvalue weighted by atomic mass is 10.1. The van der Waals surface area contributed by atoms with Crippen molar-refractivity contribution in [1.82, 2.24) is 4.98 Å². The molecule has 3 heteroatoms. The number of aryl methyl sites for hydroxylation is 2. The first-order valence-corrected chi connectivity index (χ1v) is 5.67. The molecule has 0 unspecified atom stereocenters. The lowest BCUT2D eigenvalue weighted by Gasteiger charge is -2.04. The van der Waals surface area contributed by atoms with Crippen LogP contribution in [0.3, 0.4) is 0 Å². The average molecular weight is 219 g/mol. The Morgan fingerprint density at radius 3 is 2.60 bits per heavy atom. The van der Waals surface area contributed by atoms with Gasteiger partial charge in [-0.15, -0.1) is 11.3 Å². The number of aromatic nitrogens is 1. The molecule has 1 heterocycles. The molecule has 0 saturated heterocycles. The van der Waals surface area contributed by atoms with Gasteiger partial charge in [0.05, 0.1) is 22.2 Å². The predicted octanol–water partition coefficient (Wildman–Crippen LogP) is 2.92. The molecule has 1 aromatic heterocycles. The highest BCUT2D eigenvalue weighted by Gasteiger charge is 2.10. The molecule has 2 nitrogen and oxygen atoms in total. The number of hydrogen-bond acceptors (Lipinski definition) is 3. The summed E-state index contributed by atoms with van der Waals surface area (Å²) in [6.45, 7) is 4.09. The molecule has 0 saturated carbocycles. The summed E-state index contributed by atoms with van der Waals surface area (Å²) in [4.78, 5) is 5.56. The Bertz CT molecular complexity index is 476. The molecule has 1 N–H and O–H groups in total. The van der Waals surface area contributed by atoms with Crippen LogP contribution in [0, 0.1) is 13.8 Å². The largest absolute Gasteiger partial charge is 0.392 e. The second-order valence-corrected chi connectivity index (χ2v) is 4.67. The Morgan fingerprint density at radius 1 is 1.27 bits per heavy atom. The molecular formula is C12H13NOS. The van der Waals surface area contributed by atoms with Gasteiger partial charge in [0.25, 0.3) is 0 Å². The van der Waals surface area contributed by atoms with E-state index in [2.05, 4.69) is 4.98 Å². The molecule has 0 bridgehead atoms. The fourth-order valence-electron chi connectivity index (χ4n) is 1.66. The molecule has 0 radical (unpaired) electrons. The molecule has 2 rings (SSSR count). The molecule has 0 aliphatic carbocycles. The molecular weight excluding hydrogens is 206 g/mol. The van der Waals surface area contributed by atoms with Gasteiger partial charge in [-0.05, 0) is 25.0 Å². The highest BCUT2D eigenvalue weighted by Crippen LogP contribution is 2.32. The lowest BCUT2D eigenvalue weighted by Crippen LogP contribution is -1.88. The number of nitrogens with zero attached hydrogens (tertiary/aromatic N) is 1. The minimum atomic E-state index is 0.0760. The van der Waals surface area contributed by atoms with Crippen LogP contribution in [0.15, 0.2) is 24.3 Å². The number of rotatable bonds is 2. The molecule has 0 aliphatic rings. The van der Waals surface area contributed by atoms with Gasteiger partial charge in [-0.1, -0.05) is 24.3 Å². The summed E-state index contributed by atoms with van der Waals surface area (Å²) in [5, 5.41) is 10.3. The van der Waals surface area contributed by atoms with Crippen LogP contribution in [0.4, 0.5) is 0 Å². The van der Waals surface area contributed by atoms with Gasteiger partial charge < -0.3 is 5.11 Å². The van der Waals surface area contributed by atoms with Crippen molar-refractivity contribution < 1.29 is 5.11 Å². The van der Waals surface area contributed by atoms with E-state index in [1.165, 1.54) is 0 Å². The third kappa shape index (κ3) is 1.94. The van der Waals surface area contributed by atoms with Gasteiger partial charge in [-0.25, -0.2) is 4.98 Å². The SMILES string of the molecule is Cc1nc(C)c(-c2ccccc2CO)s1. The fourth-order valence-corrected chi connectivity index (χ4v) is 2.64. The van der Waals surface area contributed by atoms with Crippen molar-refractivity contribution in [2.24, 2.45) is 0 Å². The number of benzene rings is 1. The van der Waals surface area contributed by atoms with Crippen LogP contribution in [0.5, 0.6) is 0 Å². The monoisotopic (exact) mass is 219 g/mol. The Balaban J connectivity index is 2.58. The third-order valence-corrected chi connectivity index (χ3v) is 3.44. The van der Waals surface area contributed by atoms with Crippen LogP contribution in [0.2, 0.25) is 0 Å². The molecule has 15 heavy (non-hydrogen) atoms. The van der Waals surface area contributed by atoms with E-state index < -0.39 is 0 Å². The van der Waals surface area contributed by atoms with Crippen molar-refractivity contribution in [3.05, 3.63) is 40.5 Å². The van der Waals surface area contributed by atoms with Gasteiger partial charge in [0, 0.05) is 0 Å². The van der Waals surface area contributed by atoms with E-state index in [1.807, 2.05) is 38.1 Å². The van der Waals surface area contributed by atoms with Crippen molar-refractivity contribution in [3.8, 4) is 10.4 Å². The van der Waals surface area contributed by atoms with Crippen molar-refractivity contribution in [2.75, 3.05) is 0 Å². The number of thiazole rings is 1. The normalized spacial score (nSPS) is 10.6. The first-order valence-electron chi connectivity index (χ1n) is 4.85. The maximum absolute atomic E-state index is 9.26. The van der Waals surface area contributed by atoms with Crippen molar-refractivity contribution in [1.29, 1.82) is 0 Å². The second-order valence-electron chi connectivity index (χ2n) is 3.46. The van der Waals surface area contributed by atoms with Crippen LogP contribution in [-0.4, -0.2) is 10.1 Å². The fraction of sp³-hybridized carbons (Fsp3) is 0.250. The maximum atomic E-state index is 9.26. The Morgan fingerprint density at radius 2 is 2.00 bits per heavy atom. The van der Waals surface area contributed by atoms with Crippen LogP contribution in [0.1, 0.15) is 16.3 Å². The molecule has 0 spiro atoms. The predicted molar refractivity (Wildman–Crippen MR) is 62.9 cm³/mol. The molecule has 78 valence electrons. The summed E-state index contributed by atoms with van der Waals surface area (Å²) < 4.78 is 0. The van der Waals surface area contributed by atoms with Crippen LogP contribution >= 0.6 is 11.3 Å². The van der Waals surface area contributed by atoms with E-state index in [0.29, 0.717) is 0 Å². The van der Waals surface area contributed by atoms with Gasteiger partial charge >= 0.3 is 0 Å². The highest BCUT2D eigenvalue weighted by atomic mass is 32.1.